The van der Waals surface area contributed by atoms with Crippen LogP contribution in [0.4, 0.5) is 5.82 Å². The van der Waals surface area contributed by atoms with Gasteiger partial charge in [0.05, 0.1) is 17.8 Å². The van der Waals surface area contributed by atoms with E-state index in [0.717, 1.165) is 11.1 Å². The van der Waals surface area contributed by atoms with E-state index in [-0.39, 0.29) is 24.5 Å². The summed E-state index contributed by atoms with van der Waals surface area (Å²) in [7, 11) is 1.61. The number of carbonyl (C=O) groups excluding carboxylic acids is 2. The largest absolute Gasteiger partial charge is 0.486 e. The van der Waals surface area contributed by atoms with Crippen molar-refractivity contribution in [3.8, 4) is 22.8 Å². The zero-order chi connectivity index (χ0) is 22.7. The Morgan fingerprint density at radius 2 is 1.78 bits per heavy atom. The van der Waals surface area contributed by atoms with Crippen molar-refractivity contribution in [3.05, 3.63) is 71.8 Å². The molecule has 4 rings (SSSR count). The monoisotopic (exact) mass is 431 g/mol. The molecule has 1 N–H and O–H groups in total. The Morgan fingerprint density at radius 3 is 2.53 bits per heavy atom. The minimum absolute atomic E-state index is 0.214. The van der Waals surface area contributed by atoms with Crippen molar-refractivity contribution >= 4 is 17.6 Å². The van der Waals surface area contributed by atoms with E-state index >= 15 is 0 Å². The van der Waals surface area contributed by atoms with Gasteiger partial charge in [-0.15, -0.1) is 0 Å². The molecule has 1 aliphatic rings. The fourth-order valence-electron chi connectivity index (χ4n) is 3.51. The van der Waals surface area contributed by atoms with E-state index in [1.807, 2.05) is 55.5 Å². The van der Waals surface area contributed by atoms with Crippen LogP contribution in [0.2, 0.25) is 0 Å². The molecule has 0 aliphatic carbocycles. The smallest absolute Gasteiger partial charge is 0.255 e. The summed E-state index contributed by atoms with van der Waals surface area (Å²) in [5.74, 6) is 1.10. The van der Waals surface area contributed by atoms with Crippen LogP contribution >= 0.6 is 0 Å². The molecule has 0 spiro atoms. The first kappa shape index (κ1) is 21.4. The van der Waals surface area contributed by atoms with E-state index in [4.69, 9.17) is 9.47 Å². The molecule has 1 aromatic heterocycles. The quantitative estimate of drug-likeness (QED) is 0.668. The molecule has 0 radical (unpaired) electrons. The molecule has 1 aliphatic heterocycles. The molecule has 7 heteroatoms. The summed E-state index contributed by atoms with van der Waals surface area (Å²) in [5.41, 5.74) is 3.02. The molecule has 1 atom stereocenters. The average Bonchev–Trinajstić information content (AvgIpc) is 2.81. The Bertz CT molecular complexity index is 1160. The standard InChI is InChI=1S/C25H25N3O4/c1-16-8-4-5-9-19(16)21-13-12-20(24(27-21)28(3)17(2)29)25(30)26-14-18-15-31-22-10-6-7-11-23(22)32-18/h4-13,18H,14-15H2,1-3H3,(H,26,30). The van der Waals surface area contributed by atoms with Crippen molar-refractivity contribution in [3.63, 3.8) is 0 Å². The second kappa shape index (κ2) is 9.09. The summed E-state index contributed by atoms with van der Waals surface area (Å²) in [6.45, 7) is 4.03. The lowest BCUT2D eigenvalue weighted by Crippen LogP contribution is -2.41. The zero-order valence-electron chi connectivity index (χ0n) is 18.3. The number of aromatic nitrogens is 1. The summed E-state index contributed by atoms with van der Waals surface area (Å²) in [6.07, 6.45) is -0.318. The van der Waals surface area contributed by atoms with Gasteiger partial charge in [0.2, 0.25) is 5.91 Å². The lowest BCUT2D eigenvalue weighted by Gasteiger charge is -2.26. The number of rotatable bonds is 5. The topological polar surface area (TPSA) is 80.8 Å². The Morgan fingerprint density at radius 1 is 1.06 bits per heavy atom. The molecule has 0 fully saturated rings. The maximum absolute atomic E-state index is 13.0. The molecule has 164 valence electrons. The first-order chi connectivity index (χ1) is 15.4. The van der Waals surface area contributed by atoms with Crippen molar-refractivity contribution < 1.29 is 19.1 Å². The van der Waals surface area contributed by atoms with Crippen LogP contribution in [-0.2, 0) is 4.79 Å². The minimum atomic E-state index is -0.334. The Kier molecular flexibility index (Phi) is 6.07. The summed E-state index contributed by atoms with van der Waals surface area (Å²) >= 11 is 0. The number of nitrogens with one attached hydrogen (secondary N) is 1. The Hall–Kier alpha value is -3.87. The number of ether oxygens (including phenoxy) is 2. The highest BCUT2D eigenvalue weighted by Gasteiger charge is 2.24. The molecule has 3 aromatic rings. The van der Waals surface area contributed by atoms with Crippen molar-refractivity contribution in [2.45, 2.75) is 20.0 Å². The van der Waals surface area contributed by atoms with Crippen LogP contribution in [0.25, 0.3) is 11.3 Å². The summed E-state index contributed by atoms with van der Waals surface area (Å²) in [5, 5.41) is 2.88. The lowest BCUT2D eigenvalue weighted by molar-refractivity contribution is -0.116. The van der Waals surface area contributed by atoms with Gasteiger partial charge >= 0.3 is 0 Å². The Balaban J connectivity index is 1.55. The summed E-state index contributed by atoms with van der Waals surface area (Å²) < 4.78 is 11.6. The molecule has 0 saturated carbocycles. The summed E-state index contributed by atoms with van der Waals surface area (Å²) in [4.78, 5) is 31.1. The summed E-state index contributed by atoms with van der Waals surface area (Å²) in [6, 6.07) is 18.8. The van der Waals surface area contributed by atoms with Crippen LogP contribution in [0.15, 0.2) is 60.7 Å². The fourth-order valence-corrected chi connectivity index (χ4v) is 3.51. The number of pyridine rings is 1. The number of para-hydroxylation sites is 2. The Labute approximate surface area is 187 Å². The highest BCUT2D eigenvalue weighted by Crippen LogP contribution is 2.31. The van der Waals surface area contributed by atoms with Crippen LogP contribution in [0.1, 0.15) is 22.8 Å². The third kappa shape index (κ3) is 4.42. The van der Waals surface area contributed by atoms with Crippen LogP contribution in [0, 0.1) is 6.92 Å². The zero-order valence-corrected chi connectivity index (χ0v) is 18.3. The van der Waals surface area contributed by atoms with Gasteiger partial charge in [0.15, 0.2) is 11.5 Å². The molecular formula is C25H25N3O4. The molecule has 32 heavy (non-hydrogen) atoms. The highest BCUT2D eigenvalue weighted by atomic mass is 16.6. The van der Waals surface area contributed by atoms with Gasteiger partial charge in [-0.1, -0.05) is 36.4 Å². The number of carbonyl (C=O) groups is 2. The molecule has 0 bridgehead atoms. The molecule has 2 heterocycles. The van der Waals surface area contributed by atoms with Gasteiger partial charge in [0.1, 0.15) is 18.5 Å². The van der Waals surface area contributed by atoms with Crippen LogP contribution in [0.3, 0.4) is 0 Å². The molecule has 0 saturated heterocycles. The molecule has 2 amide bonds. The van der Waals surface area contributed by atoms with Gasteiger partial charge in [-0.2, -0.15) is 0 Å². The number of aryl methyl sites for hydroxylation is 1. The van der Waals surface area contributed by atoms with Gasteiger partial charge < -0.3 is 14.8 Å². The average molecular weight is 431 g/mol. The number of benzene rings is 2. The maximum Gasteiger partial charge on any atom is 0.255 e. The lowest BCUT2D eigenvalue weighted by atomic mass is 10.0. The molecule has 1 unspecified atom stereocenters. The van der Waals surface area contributed by atoms with E-state index < -0.39 is 0 Å². The van der Waals surface area contributed by atoms with Gasteiger partial charge in [-0.05, 0) is 36.8 Å². The van der Waals surface area contributed by atoms with E-state index in [9.17, 15) is 9.59 Å². The normalized spacial score (nSPS) is 14.5. The number of hydrogen-bond acceptors (Lipinski definition) is 5. The number of hydrogen-bond donors (Lipinski definition) is 1. The second-order valence-electron chi connectivity index (χ2n) is 7.67. The predicted octanol–water partition coefficient (Wildman–Crippen LogP) is 3.61. The van der Waals surface area contributed by atoms with Gasteiger partial charge in [-0.3, -0.25) is 14.5 Å². The maximum atomic E-state index is 13.0. The van der Waals surface area contributed by atoms with E-state index in [0.29, 0.717) is 35.2 Å². The molecule has 7 nitrogen and oxygen atoms in total. The van der Waals surface area contributed by atoms with Gasteiger partial charge in [0.25, 0.3) is 5.91 Å². The van der Waals surface area contributed by atoms with Crippen LogP contribution in [0.5, 0.6) is 11.5 Å². The van der Waals surface area contributed by atoms with Crippen molar-refractivity contribution in [2.24, 2.45) is 0 Å². The van der Waals surface area contributed by atoms with Crippen LogP contribution in [-0.4, -0.2) is 43.1 Å². The number of anilines is 1. The SMILES string of the molecule is CC(=O)N(C)c1nc(-c2ccccc2C)ccc1C(=O)NCC1COc2ccccc2O1. The molecular weight excluding hydrogens is 406 g/mol. The van der Waals surface area contributed by atoms with E-state index in [1.165, 1.54) is 11.8 Å². The van der Waals surface area contributed by atoms with Gasteiger partial charge in [0, 0.05) is 19.5 Å². The minimum Gasteiger partial charge on any atom is -0.486 e. The number of nitrogens with zero attached hydrogens (tertiary/aromatic N) is 2. The van der Waals surface area contributed by atoms with E-state index in [1.54, 1.807) is 19.2 Å². The van der Waals surface area contributed by atoms with Gasteiger partial charge in [-0.25, -0.2) is 4.98 Å². The third-order valence-electron chi connectivity index (χ3n) is 5.39. The van der Waals surface area contributed by atoms with E-state index in [2.05, 4.69) is 10.3 Å². The first-order valence-electron chi connectivity index (χ1n) is 10.4. The number of amides is 2. The third-order valence-corrected chi connectivity index (χ3v) is 5.39. The highest BCUT2D eigenvalue weighted by molar-refractivity contribution is 6.03. The fraction of sp³-hybridized carbons (Fsp3) is 0.240. The molecule has 2 aromatic carbocycles. The van der Waals surface area contributed by atoms with Crippen LogP contribution < -0.4 is 19.7 Å². The first-order valence-corrected chi connectivity index (χ1v) is 10.4. The van der Waals surface area contributed by atoms with Crippen molar-refractivity contribution in [2.75, 3.05) is 25.1 Å². The predicted molar refractivity (Wildman–Crippen MR) is 122 cm³/mol. The second-order valence-corrected chi connectivity index (χ2v) is 7.67. The van der Waals surface area contributed by atoms with Crippen molar-refractivity contribution in [1.82, 2.24) is 10.3 Å². The van der Waals surface area contributed by atoms with Crippen molar-refractivity contribution in [1.29, 1.82) is 0 Å². The number of fused-ring (bicyclic) bond motifs is 1.